The Hall–Kier alpha value is -2.93. The molecule has 5 nitrogen and oxygen atoms in total. The summed E-state index contributed by atoms with van der Waals surface area (Å²) in [5.74, 6) is 0.351. The number of amides is 1. The lowest BCUT2D eigenvalue weighted by molar-refractivity contribution is 0.0997. The van der Waals surface area contributed by atoms with Crippen LogP contribution in [0.5, 0.6) is 11.5 Å². The zero-order chi connectivity index (χ0) is 19.6. The molecule has 0 fully saturated rings. The molecular weight excluding hydrogens is 367 g/mol. The zero-order valence-corrected chi connectivity index (χ0v) is 16.3. The van der Waals surface area contributed by atoms with Gasteiger partial charge in [0.15, 0.2) is 16.3 Å². The molecule has 0 atom stereocenters. The van der Waals surface area contributed by atoms with Crippen LogP contribution in [-0.2, 0) is 7.05 Å². The van der Waals surface area contributed by atoms with Gasteiger partial charge in [0.25, 0.3) is 5.91 Å². The fourth-order valence-electron chi connectivity index (χ4n) is 2.81. The van der Waals surface area contributed by atoms with Gasteiger partial charge in [-0.1, -0.05) is 0 Å². The van der Waals surface area contributed by atoms with Gasteiger partial charge in [-0.15, -0.1) is 11.3 Å². The van der Waals surface area contributed by atoms with E-state index < -0.39 is 0 Å². The number of benzene rings is 2. The maximum absolute atomic E-state index is 13.2. The molecule has 140 valence electrons. The van der Waals surface area contributed by atoms with Crippen LogP contribution in [0.1, 0.15) is 15.2 Å². The highest BCUT2D eigenvalue weighted by Gasteiger charge is 2.13. The number of nitrogens with zero attached hydrogens (tertiary/aromatic N) is 2. The van der Waals surface area contributed by atoms with Crippen molar-refractivity contribution in [2.24, 2.45) is 12.0 Å². The number of hydrogen-bond donors (Lipinski definition) is 0. The molecule has 0 saturated heterocycles. The van der Waals surface area contributed by atoms with Crippen molar-refractivity contribution >= 4 is 17.2 Å². The lowest BCUT2D eigenvalue weighted by Gasteiger charge is -2.07. The van der Waals surface area contributed by atoms with Crippen LogP contribution in [0.25, 0.3) is 11.3 Å². The zero-order valence-electron chi connectivity index (χ0n) is 15.4. The van der Waals surface area contributed by atoms with E-state index in [4.69, 9.17) is 9.47 Å². The van der Waals surface area contributed by atoms with Crippen molar-refractivity contribution in [2.45, 2.75) is 6.92 Å². The third-order valence-electron chi connectivity index (χ3n) is 4.15. The fraction of sp³-hybridized carbons (Fsp3) is 0.200. The molecule has 0 unspecified atom stereocenters. The van der Waals surface area contributed by atoms with Crippen molar-refractivity contribution < 1.29 is 18.7 Å². The predicted octanol–water partition coefficient (Wildman–Crippen LogP) is 3.96. The van der Waals surface area contributed by atoms with Gasteiger partial charge in [-0.25, -0.2) is 4.39 Å². The van der Waals surface area contributed by atoms with Crippen LogP contribution in [0.3, 0.4) is 0 Å². The van der Waals surface area contributed by atoms with Crippen molar-refractivity contribution in [3.63, 3.8) is 0 Å². The number of carbonyl (C=O) groups is 1. The Kier molecular flexibility index (Phi) is 5.41. The van der Waals surface area contributed by atoms with Crippen LogP contribution in [-0.4, -0.2) is 24.7 Å². The summed E-state index contributed by atoms with van der Waals surface area (Å²) >= 11 is 1.41. The number of halogens is 1. The summed E-state index contributed by atoms with van der Waals surface area (Å²) in [5.41, 5.74) is 2.17. The normalized spacial score (nSPS) is 11.5. The van der Waals surface area contributed by atoms with Crippen molar-refractivity contribution in [1.29, 1.82) is 0 Å². The Morgan fingerprint density at radius 1 is 1.07 bits per heavy atom. The largest absolute Gasteiger partial charge is 0.493 e. The second-order valence-corrected chi connectivity index (χ2v) is 7.02. The Morgan fingerprint density at radius 2 is 1.74 bits per heavy atom. The highest BCUT2D eigenvalue weighted by molar-refractivity contribution is 7.09. The second kappa shape index (κ2) is 7.75. The lowest BCUT2D eigenvalue weighted by atomic mass is 10.1. The van der Waals surface area contributed by atoms with E-state index >= 15 is 0 Å². The highest BCUT2D eigenvalue weighted by Crippen LogP contribution is 2.28. The second-order valence-electron chi connectivity index (χ2n) is 5.84. The SMILES string of the molecule is COc1ccc(C(=O)N=c2sc(C)c(-c3ccc(F)cc3)n2C)cc1OC. The van der Waals surface area contributed by atoms with Gasteiger partial charge in [0.1, 0.15) is 5.82 Å². The van der Waals surface area contributed by atoms with Crippen molar-refractivity contribution in [3.05, 3.63) is 63.5 Å². The monoisotopic (exact) mass is 386 g/mol. The molecule has 7 heteroatoms. The van der Waals surface area contributed by atoms with Gasteiger partial charge in [-0.3, -0.25) is 4.79 Å². The molecule has 0 aliphatic heterocycles. The van der Waals surface area contributed by atoms with E-state index in [1.165, 1.54) is 37.7 Å². The number of aromatic nitrogens is 1. The van der Waals surface area contributed by atoms with Crippen molar-refractivity contribution in [2.75, 3.05) is 14.2 Å². The number of rotatable bonds is 4. The summed E-state index contributed by atoms with van der Waals surface area (Å²) in [6, 6.07) is 11.2. The van der Waals surface area contributed by atoms with Gasteiger partial charge < -0.3 is 14.0 Å². The lowest BCUT2D eigenvalue weighted by Crippen LogP contribution is -2.14. The molecule has 3 aromatic rings. The van der Waals surface area contributed by atoms with Crippen LogP contribution in [0.4, 0.5) is 4.39 Å². The number of ether oxygens (including phenoxy) is 2. The standard InChI is InChI=1S/C20H19FN2O3S/c1-12-18(13-5-8-15(21)9-6-13)23(2)20(27-12)22-19(24)14-7-10-16(25-3)17(11-14)26-4/h5-11H,1-4H3. The molecular formula is C20H19FN2O3S. The third-order valence-corrected chi connectivity index (χ3v) is 5.19. The van der Waals surface area contributed by atoms with Crippen molar-refractivity contribution in [1.82, 2.24) is 4.57 Å². The molecule has 0 spiro atoms. The minimum atomic E-state index is -0.376. The quantitative estimate of drug-likeness (QED) is 0.682. The molecule has 0 N–H and O–H groups in total. The first-order valence-corrected chi connectivity index (χ1v) is 8.99. The average molecular weight is 386 g/mol. The van der Waals surface area contributed by atoms with Crippen LogP contribution in [0, 0.1) is 12.7 Å². The van der Waals surface area contributed by atoms with E-state index in [-0.39, 0.29) is 11.7 Å². The molecule has 1 amide bonds. The Labute approximate surface area is 160 Å². The Balaban J connectivity index is 2.02. The third kappa shape index (κ3) is 3.78. The summed E-state index contributed by atoms with van der Waals surface area (Å²) in [7, 11) is 4.89. The molecule has 1 aromatic heterocycles. The van der Waals surface area contributed by atoms with Gasteiger partial charge in [0.2, 0.25) is 0 Å². The topological polar surface area (TPSA) is 52.8 Å². The Bertz CT molecular complexity index is 1050. The molecule has 0 bridgehead atoms. The van der Waals surface area contributed by atoms with Gasteiger partial charge in [0, 0.05) is 17.5 Å². The molecule has 27 heavy (non-hydrogen) atoms. The summed E-state index contributed by atoms with van der Waals surface area (Å²) in [5, 5.41) is 0. The van der Waals surface area contributed by atoms with Gasteiger partial charge in [0.05, 0.1) is 19.9 Å². The van der Waals surface area contributed by atoms with Crippen LogP contribution >= 0.6 is 11.3 Å². The number of methoxy groups -OCH3 is 2. The Morgan fingerprint density at radius 3 is 2.37 bits per heavy atom. The predicted molar refractivity (Wildman–Crippen MR) is 103 cm³/mol. The summed E-state index contributed by atoms with van der Waals surface area (Å²) in [4.78, 5) is 18.4. The summed E-state index contributed by atoms with van der Waals surface area (Å²) in [6.45, 7) is 1.95. The van der Waals surface area contributed by atoms with E-state index in [9.17, 15) is 9.18 Å². The van der Waals surface area contributed by atoms with Crippen LogP contribution in [0.15, 0.2) is 47.5 Å². The van der Waals surface area contributed by atoms with E-state index in [1.54, 1.807) is 30.3 Å². The molecule has 1 heterocycles. The van der Waals surface area contributed by atoms with E-state index in [2.05, 4.69) is 4.99 Å². The fourth-order valence-corrected chi connectivity index (χ4v) is 3.79. The van der Waals surface area contributed by atoms with Crippen LogP contribution < -0.4 is 14.3 Å². The number of thiazole rings is 1. The van der Waals surface area contributed by atoms with Gasteiger partial charge >= 0.3 is 0 Å². The molecule has 2 aromatic carbocycles. The number of carbonyl (C=O) groups excluding carboxylic acids is 1. The highest BCUT2D eigenvalue weighted by atomic mass is 32.1. The van der Waals surface area contributed by atoms with E-state index in [0.29, 0.717) is 21.9 Å². The van der Waals surface area contributed by atoms with Crippen molar-refractivity contribution in [3.8, 4) is 22.8 Å². The minimum absolute atomic E-state index is 0.289. The first-order valence-electron chi connectivity index (χ1n) is 8.18. The summed E-state index contributed by atoms with van der Waals surface area (Å²) in [6.07, 6.45) is 0. The van der Waals surface area contributed by atoms with E-state index in [1.807, 2.05) is 18.5 Å². The minimum Gasteiger partial charge on any atom is -0.493 e. The number of aryl methyl sites for hydroxylation is 1. The molecule has 0 aliphatic carbocycles. The molecule has 0 aliphatic rings. The van der Waals surface area contributed by atoms with Crippen LogP contribution in [0.2, 0.25) is 0 Å². The first-order chi connectivity index (χ1) is 12.9. The van der Waals surface area contributed by atoms with E-state index in [0.717, 1.165) is 16.1 Å². The smallest absolute Gasteiger partial charge is 0.279 e. The maximum Gasteiger partial charge on any atom is 0.279 e. The molecule has 3 rings (SSSR count). The number of hydrogen-bond acceptors (Lipinski definition) is 4. The average Bonchev–Trinajstić information content (AvgIpc) is 2.95. The molecule has 0 saturated carbocycles. The summed E-state index contributed by atoms with van der Waals surface area (Å²) < 4.78 is 25.5. The molecule has 0 radical (unpaired) electrons. The maximum atomic E-state index is 13.2. The van der Waals surface area contributed by atoms with Gasteiger partial charge in [-0.2, -0.15) is 4.99 Å². The van der Waals surface area contributed by atoms with Gasteiger partial charge in [-0.05, 0) is 55.0 Å². The first kappa shape index (κ1) is 18.8.